The van der Waals surface area contributed by atoms with Crippen LogP contribution in [0.2, 0.25) is 0 Å². The zero-order valence-corrected chi connectivity index (χ0v) is 16.1. The fourth-order valence-corrected chi connectivity index (χ4v) is 3.51. The molecule has 0 unspecified atom stereocenters. The van der Waals surface area contributed by atoms with Crippen molar-refractivity contribution in [1.29, 1.82) is 5.26 Å². The van der Waals surface area contributed by atoms with Gasteiger partial charge in [0.1, 0.15) is 5.82 Å². The van der Waals surface area contributed by atoms with E-state index >= 15 is 0 Å². The second-order valence-electron chi connectivity index (χ2n) is 6.44. The van der Waals surface area contributed by atoms with Crippen LogP contribution >= 0.6 is 11.3 Å². The Balaban J connectivity index is 1.67. The quantitative estimate of drug-likeness (QED) is 0.627. The van der Waals surface area contributed by atoms with E-state index in [0.717, 1.165) is 16.0 Å². The average Bonchev–Trinajstić information content (AvgIpc) is 3.21. The van der Waals surface area contributed by atoms with Gasteiger partial charge in [-0.2, -0.15) is 5.26 Å². The number of halogens is 1. The number of carbonyl (C=O) groups is 1. The number of hydrogen-bond acceptors (Lipinski definition) is 4. The maximum Gasteiger partial charge on any atom is 0.234 e. The van der Waals surface area contributed by atoms with Crippen molar-refractivity contribution in [3.63, 3.8) is 0 Å². The van der Waals surface area contributed by atoms with E-state index in [4.69, 9.17) is 5.26 Å². The molecule has 0 spiro atoms. The van der Waals surface area contributed by atoms with E-state index in [1.165, 1.54) is 12.1 Å². The van der Waals surface area contributed by atoms with Crippen molar-refractivity contribution in [2.45, 2.75) is 19.6 Å². The summed E-state index contributed by atoms with van der Waals surface area (Å²) >= 11 is 1.60. The monoisotopic (exact) mass is 393 g/mol. The third kappa shape index (κ3) is 6.02. The Morgan fingerprint density at radius 2 is 1.86 bits per heavy atom. The first-order chi connectivity index (χ1) is 13.6. The first-order valence-electron chi connectivity index (χ1n) is 8.87. The number of nitrogens with zero attached hydrogens (tertiary/aromatic N) is 2. The van der Waals surface area contributed by atoms with Crippen LogP contribution in [0.1, 0.15) is 21.6 Å². The smallest absolute Gasteiger partial charge is 0.234 e. The highest BCUT2D eigenvalue weighted by molar-refractivity contribution is 7.09. The molecule has 0 fully saturated rings. The van der Waals surface area contributed by atoms with Crippen molar-refractivity contribution in [3.8, 4) is 6.07 Å². The molecule has 0 saturated carbocycles. The zero-order chi connectivity index (χ0) is 19.8. The molecular formula is C22H20FN3OS. The highest BCUT2D eigenvalue weighted by atomic mass is 32.1. The predicted octanol–water partition coefficient (Wildman–Crippen LogP) is 4.08. The molecule has 142 valence electrons. The highest BCUT2D eigenvalue weighted by Crippen LogP contribution is 2.13. The van der Waals surface area contributed by atoms with Gasteiger partial charge >= 0.3 is 0 Å². The number of amides is 1. The molecule has 0 bridgehead atoms. The van der Waals surface area contributed by atoms with Crippen molar-refractivity contribution >= 4 is 17.2 Å². The van der Waals surface area contributed by atoms with E-state index in [9.17, 15) is 9.18 Å². The normalized spacial score (nSPS) is 10.6. The standard InChI is InChI=1S/C22H20FN3OS/c23-20-4-1-3-19(11-20)15-26(14-18-8-6-17(12-24)7-9-18)16-22(27)25-13-21-5-2-10-28-21/h1-11H,13-16H2,(H,25,27). The summed E-state index contributed by atoms with van der Waals surface area (Å²) in [7, 11) is 0. The lowest BCUT2D eigenvalue weighted by Gasteiger charge is -2.22. The number of thiophene rings is 1. The third-order valence-corrected chi connectivity index (χ3v) is 5.07. The number of benzene rings is 2. The van der Waals surface area contributed by atoms with Gasteiger partial charge in [-0.15, -0.1) is 11.3 Å². The largest absolute Gasteiger partial charge is 0.350 e. The summed E-state index contributed by atoms with van der Waals surface area (Å²) in [4.78, 5) is 15.5. The fourth-order valence-electron chi connectivity index (χ4n) is 2.86. The number of rotatable bonds is 8. The van der Waals surface area contributed by atoms with Gasteiger partial charge in [0.15, 0.2) is 0 Å². The topological polar surface area (TPSA) is 56.1 Å². The zero-order valence-electron chi connectivity index (χ0n) is 15.3. The lowest BCUT2D eigenvalue weighted by atomic mass is 10.1. The molecule has 0 aliphatic heterocycles. The van der Waals surface area contributed by atoms with E-state index in [-0.39, 0.29) is 18.3 Å². The molecule has 0 saturated heterocycles. The first kappa shape index (κ1) is 19.7. The van der Waals surface area contributed by atoms with Gasteiger partial charge in [-0.1, -0.05) is 30.3 Å². The molecule has 6 heteroatoms. The molecule has 0 radical (unpaired) electrons. The van der Waals surface area contributed by atoms with Gasteiger partial charge in [-0.25, -0.2) is 4.39 Å². The summed E-state index contributed by atoms with van der Waals surface area (Å²) in [5, 5.41) is 13.8. The van der Waals surface area contributed by atoms with Gasteiger partial charge in [0.25, 0.3) is 0 Å². The fraction of sp³-hybridized carbons (Fsp3) is 0.182. The minimum absolute atomic E-state index is 0.0848. The van der Waals surface area contributed by atoms with Gasteiger partial charge < -0.3 is 5.32 Å². The molecule has 1 aromatic heterocycles. The van der Waals surface area contributed by atoms with Crippen molar-refractivity contribution in [1.82, 2.24) is 10.2 Å². The molecule has 1 heterocycles. The van der Waals surface area contributed by atoms with Crippen LogP contribution in [-0.2, 0) is 24.4 Å². The number of carbonyl (C=O) groups excluding carboxylic acids is 1. The van der Waals surface area contributed by atoms with Crippen LogP contribution < -0.4 is 5.32 Å². The Morgan fingerprint density at radius 3 is 2.54 bits per heavy atom. The Bertz CT molecular complexity index is 949. The molecule has 3 aromatic rings. The molecule has 0 aliphatic rings. The molecule has 2 aromatic carbocycles. The maximum absolute atomic E-state index is 13.5. The SMILES string of the molecule is N#Cc1ccc(CN(CC(=O)NCc2cccs2)Cc2cccc(F)c2)cc1. The highest BCUT2D eigenvalue weighted by Gasteiger charge is 2.13. The molecule has 3 rings (SSSR count). The van der Waals surface area contributed by atoms with Crippen LogP contribution in [0.4, 0.5) is 4.39 Å². The summed E-state index contributed by atoms with van der Waals surface area (Å²) in [6, 6.07) is 19.7. The number of hydrogen-bond donors (Lipinski definition) is 1. The van der Waals surface area contributed by atoms with Crippen LogP contribution in [0.25, 0.3) is 0 Å². The molecule has 28 heavy (non-hydrogen) atoms. The van der Waals surface area contributed by atoms with E-state index in [2.05, 4.69) is 11.4 Å². The Kier molecular flexibility index (Phi) is 6.90. The maximum atomic E-state index is 13.5. The molecular weight excluding hydrogens is 373 g/mol. The molecule has 0 atom stereocenters. The number of nitriles is 1. The Morgan fingerprint density at radius 1 is 1.07 bits per heavy atom. The lowest BCUT2D eigenvalue weighted by Crippen LogP contribution is -2.36. The molecule has 1 amide bonds. The second kappa shape index (κ2) is 9.79. The summed E-state index contributed by atoms with van der Waals surface area (Å²) in [5.41, 5.74) is 2.38. The summed E-state index contributed by atoms with van der Waals surface area (Å²) in [6.07, 6.45) is 0. The Labute approximate surface area is 167 Å². The second-order valence-corrected chi connectivity index (χ2v) is 7.47. The minimum atomic E-state index is -0.294. The third-order valence-electron chi connectivity index (χ3n) is 4.19. The van der Waals surface area contributed by atoms with Crippen LogP contribution in [0.3, 0.4) is 0 Å². The first-order valence-corrected chi connectivity index (χ1v) is 9.75. The van der Waals surface area contributed by atoms with Gasteiger partial charge in [0.05, 0.1) is 24.7 Å². The minimum Gasteiger partial charge on any atom is -0.350 e. The van der Waals surface area contributed by atoms with E-state index in [1.54, 1.807) is 29.5 Å². The van der Waals surface area contributed by atoms with E-state index in [0.29, 0.717) is 25.2 Å². The van der Waals surface area contributed by atoms with Gasteiger partial charge in [-0.3, -0.25) is 9.69 Å². The summed E-state index contributed by atoms with van der Waals surface area (Å²) in [6.45, 7) is 1.67. The molecule has 4 nitrogen and oxygen atoms in total. The van der Waals surface area contributed by atoms with E-state index < -0.39 is 0 Å². The van der Waals surface area contributed by atoms with Crippen LogP contribution in [-0.4, -0.2) is 17.4 Å². The Hall–Kier alpha value is -3.01. The lowest BCUT2D eigenvalue weighted by molar-refractivity contribution is -0.122. The van der Waals surface area contributed by atoms with Crippen molar-refractivity contribution in [2.75, 3.05) is 6.54 Å². The van der Waals surface area contributed by atoms with Gasteiger partial charge in [0.2, 0.25) is 5.91 Å². The summed E-state index contributed by atoms with van der Waals surface area (Å²) < 4.78 is 13.5. The van der Waals surface area contributed by atoms with Crippen LogP contribution in [0.5, 0.6) is 0 Å². The molecule has 0 aliphatic carbocycles. The van der Waals surface area contributed by atoms with E-state index in [1.807, 2.05) is 40.6 Å². The van der Waals surface area contributed by atoms with Gasteiger partial charge in [0, 0.05) is 18.0 Å². The summed E-state index contributed by atoms with van der Waals surface area (Å²) in [5.74, 6) is -0.378. The van der Waals surface area contributed by atoms with Gasteiger partial charge in [-0.05, 0) is 46.8 Å². The van der Waals surface area contributed by atoms with Crippen molar-refractivity contribution in [3.05, 3.63) is 93.4 Å². The van der Waals surface area contributed by atoms with Crippen LogP contribution in [0.15, 0.2) is 66.0 Å². The van der Waals surface area contributed by atoms with Crippen molar-refractivity contribution < 1.29 is 9.18 Å². The van der Waals surface area contributed by atoms with Crippen molar-refractivity contribution in [2.24, 2.45) is 0 Å². The van der Waals surface area contributed by atoms with Crippen LogP contribution in [0, 0.1) is 17.1 Å². The number of nitrogens with one attached hydrogen (secondary N) is 1. The average molecular weight is 393 g/mol. The molecule has 1 N–H and O–H groups in total. The predicted molar refractivity (Wildman–Crippen MR) is 108 cm³/mol.